The zero-order chi connectivity index (χ0) is 29.5. The number of rotatable bonds is 8. The number of amides is 1. The molecular weight excluding hydrogens is 545 g/mol. The molecule has 10 nitrogen and oxygen atoms in total. The maximum atomic E-state index is 13.5. The van der Waals surface area contributed by atoms with Crippen LogP contribution in [0.3, 0.4) is 0 Å². The van der Waals surface area contributed by atoms with E-state index in [0.29, 0.717) is 34.7 Å². The van der Waals surface area contributed by atoms with Crippen molar-refractivity contribution in [1.82, 2.24) is 24.8 Å². The predicted octanol–water partition coefficient (Wildman–Crippen LogP) is 1.89. The first-order valence-electron chi connectivity index (χ1n) is 13.7. The lowest BCUT2D eigenvalue weighted by Crippen LogP contribution is -2.43. The molecule has 216 valence electrons. The number of imidazole rings is 1. The van der Waals surface area contributed by atoms with Crippen molar-refractivity contribution >= 4 is 35.9 Å². The lowest BCUT2D eigenvalue weighted by Gasteiger charge is -2.34. The van der Waals surface area contributed by atoms with Crippen LogP contribution in [0.15, 0.2) is 41.3 Å². The molecule has 1 atom stereocenters. The fourth-order valence-electron chi connectivity index (χ4n) is 5.56. The number of fused-ring (bicyclic) bond motifs is 2. The summed E-state index contributed by atoms with van der Waals surface area (Å²) in [5.74, 6) is -1.99. The van der Waals surface area contributed by atoms with E-state index in [1.165, 1.54) is 6.20 Å². The van der Waals surface area contributed by atoms with E-state index in [1.54, 1.807) is 12.1 Å². The maximum Gasteiger partial charge on any atom is 0.261 e. The van der Waals surface area contributed by atoms with E-state index < -0.39 is 23.3 Å². The third kappa shape index (κ3) is 5.37. The van der Waals surface area contributed by atoms with Gasteiger partial charge in [-0.3, -0.25) is 9.59 Å². The molecule has 1 amide bonds. The molecule has 1 fully saturated rings. The summed E-state index contributed by atoms with van der Waals surface area (Å²) >= 11 is 0. The molecule has 4 heterocycles. The molecule has 0 spiro atoms. The fraction of sp³-hybridized carbons (Fsp3) is 0.345. The zero-order valence-electron chi connectivity index (χ0n) is 22.9. The number of ether oxygens (including phenoxy) is 1. The molecular formula is C29H29BF2N6O4. The number of halogens is 2. The molecule has 2 aromatic carbocycles. The van der Waals surface area contributed by atoms with Crippen LogP contribution in [0.5, 0.6) is 5.75 Å². The quantitative estimate of drug-likeness (QED) is 0.237. The van der Waals surface area contributed by atoms with Crippen LogP contribution < -0.4 is 21.1 Å². The Morgan fingerprint density at radius 2 is 1.95 bits per heavy atom. The van der Waals surface area contributed by atoms with E-state index >= 15 is 0 Å². The van der Waals surface area contributed by atoms with E-state index in [0.717, 1.165) is 43.6 Å². The first kappa shape index (κ1) is 27.9. The molecule has 4 aromatic rings. The molecule has 2 radical (unpaired) electrons. The highest BCUT2D eigenvalue weighted by atomic mass is 19.2. The minimum Gasteiger partial charge on any atom is -0.491 e. The first-order valence-corrected chi connectivity index (χ1v) is 13.7. The molecule has 42 heavy (non-hydrogen) atoms. The Labute approximate surface area is 241 Å². The molecule has 2 aliphatic heterocycles. The highest BCUT2D eigenvalue weighted by molar-refractivity contribution is 6.34. The molecule has 1 saturated heterocycles. The summed E-state index contributed by atoms with van der Waals surface area (Å²) in [4.78, 5) is 40.9. The number of carbonyl (C=O) groups excluding carboxylic acids is 1. The highest BCUT2D eigenvalue weighted by Crippen LogP contribution is 2.32. The van der Waals surface area contributed by atoms with Crippen molar-refractivity contribution in [2.45, 2.75) is 31.5 Å². The Morgan fingerprint density at radius 1 is 1.19 bits per heavy atom. The van der Waals surface area contributed by atoms with Gasteiger partial charge in [0.05, 0.1) is 16.7 Å². The summed E-state index contributed by atoms with van der Waals surface area (Å²) in [6, 6.07) is 7.17. The zero-order valence-corrected chi connectivity index (χ0v) is 22.9. The first-order chi connectivity index (χ1) is 20.2. The normalized spacial score (nSPS) is 16.7. The highest BCUT2D eigenvalue weighted by Gasteiger charge is 2.34. The molecule has 0 bridgehead atoms. The number of piperidine rings is 1. The Balaban J connectivity index is 1.17. The van der Waals surface area contributed by atoms with E-state index in [2.05, 4.69) is 32.2 Å². The van der Waals surface area contributed by atoms with Gasteiger partial charge in [-0.2, -0.15) is 0 Å². The number of aliphatic hydroxyl groups excluding tert-OH is 1. The number of nitrogens with zero attached hydrogens (tertiary/aromatic N) is 3. The van der Waals surface area contributed by atoms with Crippen LogP contribution in [0.4, 0.5) is 14.5 Å². The van der Waals surface area contributed by atoms with Crippen molar-refractivity contribution in [3.8, 4) is 17.1 Å². The Bertz CT molecular complexity index is 1720. The second kappa shape index (κ2) is 11.2. The average Bonchev–Trinajstić information content (AvgIpc) is 3.52. The summed E-state index contributed by atoms with van der Waals surface area (Å²) in [6.07, 6.45) is 2.28. The van der Waals surface area contributed by atoms with Crippen molar-refractivity contribution in [1.29, 1.82) is 0 Å². The van der Waals surface area contributed by atoms with Crippen molar-refractivity contribution in [3.05, 3.63) is 69.6 Å². The van der Waals surface area contributed by atoms with Crippen molar-refractivity contribution < 1.29 is 23.4 Å². The van der Waals surface area contributed by atoms with Crippen LogP contribution in [0, 0.1) is 11.6 Å². The number of aromatic amines is 2. The smallest absolute Gasteiger partial charge is 0.261 e. The summed E-state index contributed by atoms with van der Waals surface area (Å²) in [6.45, 7) is 2.17. The van der Waals surface area contributed by atoms with Gasteiger partial charge >= 0.3 is 0 Å². The fourth-order valence-corrected chi connectivity index (χ4v) is 5.56. The van der Waals surface area contributed by atoms with Gasteiger partial charge < -0.3 is 34.9 Å². The third-order valence-corrected chi connectivity index (χ3v) is 7.88. The monoisotopic (exact) mass is 574 g/mol. The topological polar surface area (TPSA) is 127 Å². The van der Waals surface area contributed by atoms with E-state index in [4.69, 9.17) is 12.6 Å². The number of hydrogen-bond acceptors (Lipinski definition) is 7. The number of pyridine rings is 1. The van der Waals surface area contributed by atoms with Crippen LogP contribution in [0.2, 0.25) is 0 Å². The van der Waals surface area contributed by atoms with E-state index in [-0.39, 0.29) is 41.9 Å². The summed E-state index contributed by atoms with van der Waals surface area (Å²) in [7, 11) is 7.75. The van der Waals surface area contributed by atoms with Crippen LogP contribution in [0.25, 0.3) is 22.4 Å². The van der Waals surface area contributed by atoms with Crippen LogP contribution in [-0.2, 0) is 6.54 Å². The van der Waals surface area contributed by atoms with E-state index in [1.807, 2.05) is 11.0 Å². The van der Waals surface area contributed by atoms with Crippen molar-refractivity contribution in [3.63, 3.8) is 0 Å². The van der Waals surface area contributed by atoms with Gasteiger partial charge in [-0.1, -0.05) is 5.46 Å². The molecule has 6 rings (SSSR count). The number of nitrogens with one attached hydrogen (secondary N) is 3. The number of H-pyrrole nitrogens is 2. The Kier molecular flexibility index (Phi) is 7.46. The molecule has 2 aromatic heterocycles. The number of likely N-dealkylation sites (tertiary alicyclic amines) is 1. The predicted molar refractivity (Wildman–Crippen MR) is 154 cm³/mol. The SMILES string of the molecule is [B]c1cc(F)c(F)cc1OC[C@H](O)CNc1cc[nH]c(=O)c1-c1nc2cc3c(cc2[nH]1)CN(C1CCN(C)CC1)C3=O. The van der Waals surface area contributed by atoms with Gasteiger partial charge in [0.15, 0.2) is 11.6 Å². The van der Waals surface area contributed by atoms with Gasteiger partial charge in [-0.05, 0) is 62.8 Å². The Morgan fingerprint density at radius 3 is 2.74 bits per heavy atom. The number of aromatic nitrogens is 3. The molecule has 4 N–H and O–H groups in total. The van der Waals surface area contributed by atoms with E-state index in [9.17, 15) is 23.5 Å². The largest absolute Gasteiger partial charge is 0.491 e. The standard InChI is InChI=1S/C29H29BF2N6O4/c1-37-6-3-16(4-7-37)38-13-15-8-23-24(9-18(15)29(38)41)36-27(35-23)26-22(2-5-33-28(26)40)34-12-17(39)14-42-25-11-21(32)20(31)10-19(25)30/h2,5,8-11,16-17,39H,3-4,6-7,12-14H2,1H3,(H,35,36)(H2,33,34,40)/t17-/m1/s1. The van der Waals surface area contributed by atoms with Gasteiger partial charge in [0.2, 0.25) is 0 Å². The minimum absolute atomic E-state index is 0.00672. The van der Waals surface area contributed by atoms with Crippen molar-refractivity contribution in [2.24, 2.45) is 0 Å². The Hall–Kier alpha value is -4.23. The minimum atomic E-state index is -1.12. The number of anilines is 1. The van der Waals surface area contributed by atoms with Crippen LogP contribution in [-0.4, -0.2) is 89.0 Å². The second-order valence-corrected chi connectivity index (χ2v) is 10.8. The number of carbonyl (C=O) groups is 1. The van der Waals surface area contributed by atoms with Gasteiger partial charge in [0.1, 0.15) is 37.7 Å². The maximum absolute atomic E-state index is 13.5. The summed E-state index contributed by atoms with van der Waals surface area (Å²) < 4.78 is 32.2. The third-order valence-electron chi connectivity index (χ3n) is 7.88. The second-order valence-electron chi connectivity index (χ2n) is 10.8. The van der Waals surface area contributed by atoms with Crippen molar-refractivity contribution in [2.75, 3.05) is 38.6 Å². The summed E-state index contributed by atoms with van der Waals surface area (Å²) in [5, 5.41) is 13.5. The molecule has 0 unspecified atom stereocenters. The molecule has 0 saturated carbocycles. The lowest BCUT2D eigenvalue weighted by atomic mass is 9.95. The van der Waals surface area contributed by atoms with Gasteiger partial charge in [-0.15, -0.1) is 0 Å². The number of hydrogen-bond donors (Lipinski definition) is 4. The molecule has 0 aliphatic carbocycles. The average molecular weight is 574 g/mol. The molecule has 2 aliphatic rings. The van der Waals surface area contributed by atoms with Gasteiger partial charge in [0, 0.05) is 37.0 Å². The van der Waals surface area contributed by atoms with Crippen LogP contribution in [0.1, 0.15) is 28.8 Å². The number of benzene rings is 2. The van der Waals surface area contributed by atoms with Crippen LogP contribution >= 0.6 is 0 Å². The summed E-state index contributed by atoms with van der Waals surface area (Å²) in [5.41, 5.74) is 2.95. The van der Waals surface area contributed by atoms with Gasteiger partial charge in [0.25, 0.3) is 11.5 Å². The number of aliphatic hydroxyl groups is 1. The lowest BCUT2D eigenvalue weighted by molar-refractivity contribution is 0.0617. The van der Waals surface area contributed by atoms with Gasteiger partial charge in [-0.25, -0.2) is 13.8 Å². The molecule has 13 heteroatoms.